The Morgan fingerprint density at radius 2 is 1.64 bits per heavy atom. The summed E-state index contributed by atoms with van der Waals surface area (Å²) in [6.07, 6.45) is 1.12. The first-order valence-electron chi connectivity index (χ1n) is 6.08. The summed E-state index contributed by atoms with van der Waals surface area (Å²) in [6, 6.07) is 10.9. The van der Waals surface area contributed by atoms with Crippen LogP contribution < -0.4 is 0 Å². The van der Waals surface area contributed by atoms with Crippen LogP contribution in [-0.4, -0.2) is 29.7 Å². The van der Waals surface area contributed by atoms with Gasteiger partial charge in [-0.05, 0) is 23.1 Å². The van der Waals surface area contributed by atoms with Crippen molar-refractivity contribution < 1.29 is 9.47 Å². The zero-order valence-electron chi connectivity index (χ0n) is 13.0. The van der Waals surface area contributed by atoms with Crippen LogP contribution in [0.1, 0.15) is 23.8 Å². The first-order chi connectivity index (χ1) is 8.78. The van der Waals surface area contributed by atoms with E-state index in [4.69, 9.17) is 9.47 Å². The fraction of sp³-hybridized carbons (Fsp3) is 0.429. The van der Waals surface area contributed by atoms with Crippen molar-refractivity contribution in [2.24, 2.45) is 0 Å². The van der Waals surface area contributed by atoms with Crippen molar-refractivity contribution in [2.45, 2.75) is 24.8 Å². The van der Waals surface area contributed by atoms with E-state index in [1.165, 1.54) is 15.0 Å². The Kier molecular flexibility index (Phi) is 17.7. The lowest BCUT2D eigenvalue weighted by Crippen LogP contribution is -2.26. The van der Waals surface area contributed by atoms with Gasteiger partial charge in [-0.1, -0.05) is 31.5 Å². The lowest BCUT2D eigenvalue weighted by Gasteiger charge is -2.18. The molecule has 1 unspecified atom stereocenters. The van der Waals surface area contributed by atoms with Crippen LogP contribution in [-0.2, 0) is 9.47 Å². The molecule has 0 saturated heterocycles. The van der Waals surface area contributed by atoms with Gasteiger partial charge in [-0.25, -0.2) is 0 Å². The molecule has 8 heteroatoms. The Balaban J connectivity index is -0.000000902. The molecule has 1 aromatic heterocycles. The van der Waals surface area contributed by atoms with E-state index in [0.29, 0.717) is 15.1 Å². The normalized spacial score (nSPS) is 10.9. The van der Waals surface area contributed by atoms with Gasteiger partial charge in [0.25, 0.3) is 0 Å². The van der Waals surface area contributed by atoms with Crippen LogP contribution in [0.2, 0.25) is 0 Å². The Labute approximate surface area is 168 Å². The third kappa shape index (κ3) is 7.08. The van der Waals surface area contributed by atoms with Crippen LogP contribution in [0.5, 0.6) is 0 Å². The number of rotatable bonds is 6. The van der Waals surface area contributed by atoms with Gasteiger partial charge in [-0.15, -0.1) is 11.3 Å². The van der Waals surface area contributed by atoms with Crippen molar-refractivity contribution in [3.05, 3.63) is 35.2 Å². The lowest BCUT2D eigenvalue weighted by atomic mass is 10.2. The highest BCUT2D eigenvalue weighted by Gasteiger charge is 2.19. The number of hydrogen-bond donors (Lipinski definition) is 0. The van der Waals surface area contributed by atoms with E-state index in [9.17, 15) is 0 Å². The molecule has 0 aliphatic rings. The molecule has 2 rings (SSSR count). The fourth-order valence-electron chi connectivity index (χ4n) is 1.97. The SMILES string of the molecule is CCC([Si]C(OC)OC)c1cc2ccccc2s1.S.S.S.S. The third-order valence-corrected chi connectivity index (χ3v) is 6.27. The van der Waals surface area contributed by atoms with E-state index in [2.05, 4.69) is 37.3 Å². The molecule has 0 amide bonds. The Morgan fingerprint density at radius 1 is 1.05 bits per heavy atom. The predicted molar refractivity (Wildman–Crippen MR) is 120 cm³/mol. The van der Waals surface area contributed by atoms with Crippen molar-refractivity contribution >= 4 is 84.9 Å². The summed E-state index contributed by atoms with van der Waals surface area (Å²) < 4.78 is 12.0. The summed E-state index contributed by atoms with van der Waals surface area (Å²) in [6.45, 7) is 2.23. The third-order valence-electron chi connectivity index (χ3n) is 2.96. The minimum Gasteiger partial charge on any atom is -0.360 e. The van der Waals surface area contributed by atoms with Gasteiger partial charge in [0.15, 0.2) is 0 Å². The molecule has 0 aliphatic carbocycles. The summed E-state index contributed by atoms with van der Waals surface area (Å²) in [5.41, 5.74) is 0.535. The zero-order valence-corrected chi connectivity index (χ0v) is 18.8. The van der Waals surface area contributed by atoms with Crippen molar-refractivity contribution in [3.63, 3.8) is 0 Å². The van der Waals surface area contributed by atoms with Crippen LogP contribution in [0.3, 0.4) is 0 Å². The molecule has 1 heterocycles. The van der Waals surface area contributed by atoms with Gasteiger partial charge in [0, 0.05) is 23.8 Å². The van der Waals surface area contributed by atoms with Gasteiger partial charge in [-0.2, -0.15) is 54.0 Å². The van der Waals surface area contributed by atoms with E-state index < -0.39 is 0 Å². The molecule has 2 aromatic rings. The van der Waals surface area contributed by atoms with E-state index in [1.807, 2.05) is 11.3 Å². The van der Waals surface area contributed by atoms with Gasteiger partial charge in [0.2, 0.25) is 0 Å². The molecule has 1 aromatic carbocycles. The van der Waals surface area contributed by atoms with Crippen molar-refractivity contribution in [3.8, 4) is 0 Å². The standard InChI is InChI=1S/C14H18O2SSi.4H2S/c1-4-13(18-14(15-2)16-3)12-9-10-7-5-6-8-11(10)17-12;;;;/h5-9,13-14H,4H2,1-3H3;4*1H2. The molecule has 128 valence electrons. The largest absolute Gasteiger partial charge is 0.360 e. The van der Waals surface area contributed by atoms with Gasteiger partial charge in [0.05, 0.1) is 0 Å². The Bertz CT molecular complexity index is 472. The molecule has 0 fully saturated rings. The second-order valence-corrected chi connectivity index (χ2v) is 6.73. The van der Waals surface area contributed by atoms with Gasteiger partial charge >= 0.3 is 0 Å². The summed E-state index contributed by atoms with van der Waals surface area (Å²) >= 11 is 1.89. The second-order valence-electron chi connectivity index (χ2n) is 4.12. The first-order valence-corrected chi connectivity index (χ1v) is 8.05. The average molecular weight is 415 g/mol. The highest BCUT2D eigenvalue weighted by atomic mass is 32.1. The molecule has 0 N–H and O–H groups in total. The predicted octanol–water partition coefficient (Wildman–Crippen LogP) is 4.08. The highest BCUT2D eigenvalue weighted by molar-refractivity contribution is 7.59. The van der Waals surface area contributed by atoms with Crippen molar-refractivity contribution in [2.75, 3.05) is 14.2 Å². The molecular weight excluding hydrogens is 389 g/mol. The Hall–Kier alpha value is 0.717. The number of thiophene rings is 1. The van der Waals surface area contributed by atoms with Crippen LogP contribution in [0.15, 0.2) is 30.3 Å². The zero-order chi connectivity index (χ0) is 13.0. The number of fused-ring (bicyclic) bond motifs is 1. The van der Waals surface area contributed by atoms with E-state index in [-0.39, 0.29) is 59.9 Å². The van der Waals surface area contributed by atoms with Gasteiger partial charge in [-0.3, -0.25) is 0 Å². The van der Waals surface area contributed by atoms with Crippen molar-refractivity contribution in [1.82, 2.24) is 0 Å². The maximum atomic E-state index is 5.32. The second kappa shape index (κ2) is 14.1. The number of benzene rings is 1. The van der Waals surface area contributed by atoms with E-state index in [0.717, 1.165) is 6.42 Å². The quantitative estimate of drug-likeness (QED) is 0.524. The molecule has 0 aliphatic heterocycles. The van der Waals surface area contributed by atoms with Crippen LogP contribution in [0.25, 0.3) is 10.1 Å². The molecule has 0 bridgehead atoms. The van der Waals surface area contributed by atoms with Gasteiger partial charge in [0.1, 0.15) is 15.4 Å². The summed E-state index contributed by atoms with van der Waals surface area (Å²) in [7, 11) is 4.06. The molecular formula is C14H26O2S5Si. The summed E-state index contributed by atoms with van der Waals surface area (Å²) in [5.74, 6) is -0.0832. The Morgan fingerprint density at radius 3 is 2.14 bits per heavy atom. The molecule has 0 spiro atoms. The van der Waals surface area contributed by atoms with Crippen molar-refractivity contribution in [1.29, 1.82) is 0 Å². The monoisotopic (exact) mass is 414 g/mol. The van der Waals surface area contributed by atoms with Crippen LogP contribution in [0.4, 0.5) is 0 Å². The first kappa shape index (κ1) is 27.6. The minimum atomic E-state index is -0.0832. The molecule has 2 nitrogen and oxygen atoms in total. The van der Waals surface area contributed by atoms with Gasteiger partial charge < -0.3 is 9.47 Å². The average Bonchev–Trinajstić information content (AvgIpc) is 2.84. The minimum absolute atomic E-state index is 0. The number of hydrogen-bond acceptors (Lipinski definition) is 3. The van der Waals surface area contributed by atoms with E-state index in [1.54, 1.807) is 14.2 Å². The lowest BCUT2D eigenvalue weighted by molar-refractivity contribution is -0.0448. The topological polar surface area (TPSA) is 18.5 Å². The van der Waals surface area contributed by atoms with Crippen LogP contribution >= 0.6 is 65.3 Å². The summed E-state index contributed by atoms with van der Waals surface area (Å²) in [4.78, 5) is 1.44. The smallest absolute Gasteiger partial charge is 0.137 e. The number of methoxy groups -OCH3 is 2. The van der Waals surface area contributed by atoms with E-state index >= 15 is 0 Å². The molecule has 22 heavy (non-hydrogen) atoms. The van der Waals surface area contributed by atoms with Crippen LogP contribution in [0, 0.1) is 0 Å². The maximum Gasteiger partial charge on any atom is 0.137 e. The fourth-order valence-corrected chi connectivity index (χ4v) is 4.58. The highest BCUT2D eigenvalue weighted by Crippen LogP contribution is 2.32. The molecule has 1 atom stereocenters. The number of ether oxygens (including phenoxy) is 2. The summed E-state index contributed by atoms with van der Waals surface area (Å²) in [5, 5.41) is 1.34. The molecule has 2 radical (unpaired) electrons. The molecule has 0 saturated carbocycles. The maximum absolute atomic E-state index is 5.32.